The minimum atomic E-state index is -0.0829. The zero-order valence-corrected chi connectivity index (χ0v) is 9.19. The van der Waals surface area contributed by atoms with E-state index in [4.69, 9.17) is 0 Å². The highest BCUT2D eigenvalue weighted by Gasteiger charge is 1.92. The van der Waals surface area contributed by atoms with E-state index in [-0.39, 0.29) is 10.5 Å². The van der Waals surface area contributed by atoms with Crippen molar-refractivity contribution in [3.05, 3.63) is 34.2 Å². The summed E-state index contributed by atoms with van der Waals surface area (Å²) >= 11 is 1.24. The number of pyridine rings is 1. The summed E-state index contributed by atoms with van der Waals surface area (Å²) in [6.45, 7) is 1.53. The fourth-order valence-corrected chi connectivity index (χ4v) is 1.41. The molecule has 4 heteroatoms. The van der Waals surface area contributed by atoms with Crippen molar-refractivity contribution >= 4 is 16.9 Å². The van der Waals surface area contributed by atoms with Crippen molar-refractivity contribution in [2.75, 3.05) is 5.75 Å². The van der Waals surface area contributed by atoms with Crippen molar-refractivity contribution < 1.29 is 4.79 Å². The average molecular weight is 221 g/mol. The summed E-state index contributed by atoms with van der Waals surface area (Å²) < 4.78 is 0. The number of rotatable bonds is 2. The summed E-state index contributed by atoms with van der Waals surface area (Å²) in [5.41, 5.74) is 0.380. The highest BCUT2D eigenvalue weighted by molar-refractivity contribution is 8.13. The van der Waals surface area contributed by atoms with Gasteiger partial charge in [-0.25, -0.2) is 0 Å². The molecule has 0 atom stereocenters. The van der Waals surface area contributed by atoms with Gasteiger partial charge in [0.2, 0.25) is 0 Å². The molecule has 1 rings (SSSR count). The first-order valence-electron chi connectivity index (χ1n) is 4.49. The fourth-order valence-electron chi connectivity index (χ4n) is 0.917. The minimum absolute atomic E-state index is 0.0829. The summed E-state index contributed by atoms with van der Waals surface area (Å²) in [6.07, 6.45) is 3.76. The van der Waals surface area contributed by atoms with Gasteiger partial charge in [-0.05, 0) is 0 Å². The largest absolute Gasteiger partial charge is 0.366 e. The van der Waals surface area contributed by atoms with E-state index in [2.05, 4.69) is 16.8 Å². The van der Waals surface area contributed by atoms with E-state index < -0.39 is 0 Å². The molecule has 0 aliphatic rings. The van der Waals surface area contributed by atoms with Gasteiger partial charge >= 0.3 is 0 Å². The molecule has 0 spiro atoms. The van der Waals surface area contributed by atoms with E-state index >= 15 is 0 Å². The second kappa shape index (κ2) is 6.10. The maximum absolute atomic E-state index is 11.2. The number of hydrogen-bond acceptors (Lipinski definition) is 3. The normalized spacial score (nSPS) is 9.13. The lowest BCUT2D eigenvalue weighted by Gasteiger charge is -1.89. The molecule has 78 valence electrons. The predicted molar refractivity (Wildman–Crippen MR) is 61.7 cm³/mol. The van der Waals surface area contributed by atoms with Crippen molar-refractivity contribution in [2.24, 2.45) is 0 Å². The van der Waals surface area contributed by atoms with E-state index in [0.717, 1.165) is 0 Å². The second-order valence-electron chi connectivity index (χ2n) is 2.81. The molecule has 0 aliphatic heterocycles. The Bertz CT molecular complexity index is 453. The number of carbonyl (C=O) groups is 1. The van der Waals surface area contributed by atoms with Crippen molar-refractivity contribution in [3.63, 3.8) is 0 Å². The van der Waals surface area contributed by atoms with Crippen LogP contribution >= 0.6 is 11.8 Å². The Kier molecular flexibility index (Phi) is 4.72. The van der Waals surface area contributed by atoms with Gasteiger partial charge in [-0.1, -0.05) is 23.6 Å². The number of nitrogens with one attached hydrogen (secondary N) is 1. The van der Waals surface area contributed by atoms with E-state index in [9.17, 15) is 9.59 Å². The summed E-state index contributed by atoms with van der Waals surface area (Å²) in [7, 11) is 0. The average Bonchev–Trinajstić information content (AvgIpc) is 2.20. The summed E-state index contributed by atoms with van der Waals surface area (Å²) in [4.78, 5) is 24.6. The molecule has 0 saturated carbocycles. The first kappa shape index (κ1) is 11.6. The lowest BCUT2D eigenvalue weighted by Crippen LogP contribution is -2.02. The Balaban J connectivity index is 2.49. The molecule has 0 fully saturated rings. The topological polar surface area (TPSA) is 49.9 Å². The lowest BCUT2D eigenvalue weighted by atomic mass is 10.3. The molecule has 0 unspecified atom stereocenters. The molecule has 0 radical (unpaired) electrons. The van der Waals surface area contributed by atoms with Crippen LogP contribution in [0.2, 0.25) is 0 Å². The molecule has 1 heterocycles. The number of aromatic nitrogens is 1. The number of H-pyrrole nitrogens is 1. The van der Waals surface area contributed by atoms with Crippen molar-refractivity contribution in [3.8, 4) is 11.8 Å². The van der Waals surface area contributed by atoms with Crippen LogP contribution in [0.4, 0.5) is 0 Å². The second-order valence-corrected chi connectivity index (χ2v) is 4.09. The fraction of sp³-hybridized carbons (Fsp3) is 0.273. The Labute approximate surface area is 92.3 Å². The third-order valence-electron chi connectivity index (χ3n) is 1.58. The van der Waals surface area contributed by atoms with E-state index in [0.29, 0.717) is 17.7 Å². The molecule has 0 aliphatic carbocycles. The SMILES string of the molecule is CC(=O)SCCC#Cc1c[nH]ccc1=O. The monoisotopic (exact) mass is 221 g/mol. The lowest BCUT2D eigenvalue weighted by molar-refractivity contribution is -0.109. The van der Waals surface area contributed by atoms with Crippen LogP contribution in [0.15, 0.2) is 23.3 Å². The van der Waals surface area contributed by atoms with Gasteiger partial charge in [0.1, 0.15) is 0 Å². The van der Waals surface area contributed by atoms with Gasteiger partial charge in [0.15, 0.2) is 10.5 Å². The van der Waals surface area contributed by atoms with Crippen LogP contribution in [-0.4, -0.2) is 15.9 Å². The summed E-state index contributed by atoms with van der Waals surface area (Å²) in [5.74, 6) is 6.30. The Morgan fingerprint density at radius 2 is 2.40 bits per heavy atom. The third-order valence-corrected chi connectivity index (χ3v) is 2.39. The number of thioether (sulfide) groups is 1. The first-order chi connectivity index (χ1) is 7.20. The standard InChI is InChI=1S/C11H11NO2S/c1-9(13)15-7-3-2-4-10-8-12-6-5-11(10)14/h5-6,8H,3,7H2,1H3,(H,12,14). The molecular weight excluding hydrogens is 210 g/mol. The van der Waals surface area contributed by atoms with E-state index in [1.165, 1.54) is 24.8 Å². The molecule has 1 aromatic rings. The molecule has 0 bridgehead atoms. The zero-order valence-electron chi connectivity index (χ0n) is 8.37. The Hall–Kier alpha value is -1.47. The van der Waals surface area contributed by atoms with Crippen LogP contribution in [0.25, 0.3) is 0 Å². The third kappa shape index (κ3) is 4.52. The van der Waals surface area contributed by atoms with Gasteiger partial charge in [0.25, 0.3) is 0 Å². The number of hydrogen-bond donors (Lipinski definition) is 1. The predicted octanol–water partition coefficient (Wildman–Crippen LogP) is 1.40. The van der Waals surface area contributed by atoms with E-state index in [1.54, 1.807) is 12.4 Å². The molecule has 0 saturated heterocycles. The van der Waals surface area contributed by atoms with Crippen molar-refractivity contribution in [1.82, 2.24) is 4.98 Å². The quantitative estimate of drug-likeness (QED) is 0.606. The van der Waals surface area contributed by atoms with Crippen molar-refractivity contribution in [1.29, 1.82) is 0 Å². The molecular formula is C11H11NO2S. The van der Waals surface area contributed by atoms with Gasteiger partial charge in [0.05, 0.1) is 5.56 Å². The van der Waals surface area contributed by atoms with E-state index in [1.807, 2.05) is 0 Å². The van der Waals surface area contributed by atoms with Gasteiger partial charge in [-0.2, -0.15) is 0 Å². The molecule has 1 N–H and O–H groups in total. The zero-order chi connectivity index (χ0) is 11.1. The van der Waals surface area contributed by atoms with Gasteiger partial charge in [0, 0.05) is 37.6 Å². The maximum atomic E-state index is 11.2. The molecule has 3 nitrogen and oxygen atoms in total. The van der Waals surface area contributed by atoms with Crippen LogP contribution in [0, 0.1) is 11.8 Å². The van der Waals surface area contributed by atoms with Gasteiger partial charge in [-0.15, -0.1) is 0 Å². The molecule has 1 aromatic heterocycles. The number of aromatic amines is 1. The smallest absolute Gasteiger partial charge is 0.197 e. The maximum Gasteiger partial charge on any atom is 0.197 e. The molecule has 15 heavy (non-hydrogen) atoms. The van der Waals surface area contributed by atoms with Gasteiger partial charge in [-0.3, -0.25) is 9.59 Å². The number of carbonyl (C=O) groups excluding carboxylic acids is 1. The highest BCUT2D eigenvalue weighted by atomic mass is 32.2. The first-order valence-corrected chi connectivity index (χ1v) is 5.48. The Morgan fingerprint density at radius 1 is 1.60 bits per heavy atom. The van der Waals surface area contributed by atoms with Crippen LogP contribution in [0.1, 0.15) is 18.9 Å². The van der Waals surface area contributed by atoms with Gasteiger partial charge < -0.3 is 4.98 Å². The van der Waals surface area contributed by atoms with Crippen LogP contribution in [0.3, 0.4) is 0 Å². The summed E-state index contributed by atoms with van der Waals surface area (Å²) in [6, 6.07) is 1.44. The van der Waals surface area contributed by atoms with Crippen molar-refractivity contribution in [2.45, 2.75) is 13.3 Å². The van der Waals surface area contributed by atoms with Crippen LogP contribution in [0.5, 0.6) is 0 Å². The van der Waals surface area contributed by atoms with Crippen LogP contribution < -0.4 is 5.43 Å². The molecule has 0 aromatic carbocycles. The minimum Gasteiger partial charge on any atom is -0.366 e. The highest BCUT2D eigenvalue weighted by Crippen LogP contribution is 2.01. The Morgan fingerprint density at radius 3 is 3.07 bits per heavy atom. The summed E-state index contributed by atoms with van der Waals surface area (Å²) in [5, 5.41) is 0.0920. The van der Waals surface area contributed by atoms with Crippen LogP contribution in [-0.2, 0) is 4.79 Å². The molecule has 0 amide bonds.